The molecule has 1 aliphatic heterocycles. The van der Waals surface area contributed by atoms with Crippen LogP contribution in [0.3, 0.4) is 0 Å². The van der Waals surface area contributed by atoms with Gasteiger partial charge >= 0.3 is 0 Å². The molecule has 0 unspecified atom stereocenters. The van der Waals surface area contributed by atoms with Crippen LogP contribution in [-0.2, 0) is 6.42 Å². The van der Waals surface area contributed by atoms with Crippen molar-refractivity contribution in [1.29, 1.82) is 0 Å². The molecule has 5 heteroatoms. The van der Waals surface area contributed by atoms with Gasteiger partial charge in [-0.15, -0.1) is 0 Å². The van der Waals surface area contributed by atoms with Gasteiger partial charge < -0.3 is 20.5 Å². The third kappa shape index (κ3) is 3.34. The molecule has 0 spiro atoms. The molecule has 4 nitrogen and oxygen atoms in total. The molecule has 0 bridgehead atoms. The second-order valence-corrected chi connectivity index (χ2v) is 5.32. The van der Waals surface area contributed by atoms with E-state index in [1.807, 2.05) is 24.3 Å². The van der Waals surface area contributed by atoms with Gasteiger partial charge in [-0.1, -0.05) is 17.7 Å². The Morgan fingerprint density at radius 3 is 2.67 bits per heavy atom. The summed E-state index contributed by atoms with van der Waals surface area (Å²) >= 11 is 5.88. The number of rotatable bonds is 4. The van der Waals surface area contributed by atoms with Gasteiger partial charge in [0.1, 0.15) is 13.2 Å². The van der Waals surface area contributed by atoms with Crippen molar-refractivity contribution in [2.45, 2.75) is 6.42 Å². The van der Waals surface area contributed by atoms with Gasteiger partial charge in [0, 0.05) is 11.6 Å². The van der Waals surface area contributed by atoms with Gasteiger partial charge in [0.25, 0.3) is 0 Å². The van der Waals surface area contributed by atoms with E-state index in [2.05, 4.69) is 11.4 Å². The summed E-state index contributed by atoms with van der Waals surface area (Å²) in [5, 5.41) is 3.96. The lowest BCUT2D eigenvalue weighted by Gasteiger charge is -2.19. The lowest BCUT2D eigenvalue weighted by Crippen LogP contribution is -2.15. The highest BCUT2D eigenvalue weighted by molar-refractivity contribution is 6.31. The highest BCUT2D eigenvalue weighted by Gasteiger charge is 2.11. The molecule has 0 saturated carbocycles. The van der Waals surface area contributed by atoms with Crippen LogP contribution in [0.1, 0.15) is 5.56 Å². The maximum Gasteiger partial charge on any atom is 0.161 e. The molecule has 1 aliphatic rings. The second kappa shape index (κ2) is 6.14. The Balaban J connectivity index is 1.60. The highest BCUT2D eigenvalue weighted by atomic mass is 35.5. The van der Waals surface area contributed by atoms with Gasteiger partial charge in [0.2, 0.25) is 0 Å². The average molecular weight is 305 g/mol. The maximum absolute atomic E-state index is 5.91. The van der Waals surface area contributed by atoms with Crippen LogP contribution in [0.25, 0.3) is 0 Å². The fourth-order valence-electron chi connectivity index (χ4n) is 2.28. The van der Waals surface area contributed by atoms with Crippen molar-refractivity contribution >= 4 is 23.0 Å². The van der Waals surface area contributed by atoms with E-state index in [-0.39, 0.29) is 0 Å². The van der Waals surface area contributed by atoms with Crippen molar-refractivity contribution in [3.63, 3.8) is 0 Å². The zero-order chi connectivity index (χ0) is 14.7. The fraction of sp³-hybridized carbons (Fsp3) is 0.250. The minimum atomic E-state index is 0.607. The monoisotopic (exact) mass is 304 g/mol. The van der Waals surface area contributed by atoms with E-state index >= 15 is 0 Å². The summed E-state index contributed by atoms with van der Waals surface area (Å²) in [6.45, 7) is 2.01. The van der Waals surface area contributed by atoms with Crippen LogP contribution in [0.15, 0.2) is 36.4 Å². The Hall–Kier alpha value is -2.07. The fourth-order valence-corrected chi connectivity index (χ4v) is 2.46. The Morgan fingerprint density at radius 1 is 1.05 bits per heavy atom. The van der Waals surface area contributed by atoms with Gasteiger partial charge in [0.15, 0.2) is 11.5 Å². The third-order valence-electron chi connectivity index (χ3n) is 3.35. The summed E-state index contributed by atoms with van der Waals surface area (Å²) in [5.74, 6) is 1.64. The minimum absolute atomic E-state index is 0.607. The molecule has 0 fully saturated rings. The molecule has 1 heterocycles. The standard InChI is InChI=1S/C16H17ClN2O2/c17-12-2-3-14(13(18)10-12)19-6-5-11-1-4-15-16(9-11)21-8-7-20-15/h1-4,9-10,19H,5-8,18H2. The quantitative estimate of drug-likeness (QED) is 0.851. The summed E-state index contributed by atoms with van der Waals surface area (Å²) in [6.07, 6.45) is 0.874. The Labute approximate surface area is 128 Å². The van der Waals surface area contributed by atoms with Crippen molar-refractivity contribution < 1.29 is 9.47 Å². The Morgan fingerprint density at radius 2 is 1.86 bits per heavy atom. The van der Waals surface area contributed by atoms with Crippen LogP contribution in [-0.4, -0.2) is 19.8 Å². The SMILES string of the molecule is Nc1cc(Cl)ccc1NCCc1ccc2c(c1)OCCO2. The highest BCUT2D eigenvalue weighted by Crippen LogP contribution is 2.31. The van der Waals surface area contributed by atoms with Gasteiger partial charge in [-0.3, -0.25) is 0 Å². The van der Waals surface area contributed by atoms with Crippen molar-refractivity contribution in [2.75, 3.05) is 30.8 Å². The number of hydrogen-bond donors (Lipinski definition) is 2. The number of nitrogens with two attached hydrogens (primary N) is 1. The van der Waals surface area contributed by atoms with Crippen LogP contribution in [0, 0.1) is 0 Å². The van der Waals surface area contributed by atoms with Crippen molar-refractivity contribution in [2.24, 2.45) is 0 Å². The third-order valence-corrected chi connectivity index (χ3v) is 3.58. The van der Waals surface area contributed by atoms with Gasteiger partial charge in [0.05, 0.1) is 11.4 Å². The zero-order valence-electron chi connectivity index (χ0n) is 11.6. The zero-order valence-corrected chi connectivity index (χ0v) is 12.3. The number of hydrogen-bond acceptors (Lipinski definition) is 4. The lowest BCUT2D eigenvalue weighted by molar-refractivity contribution is 0.171. The first-order chi connectivity index (χ1) is 10.2. The molecule has 0 aromatic heterocycles. The van der Waals surface area contributed by atoms with E-state index in [0.29, 0.717) is 23.9 Å². The molecule has 0 amide bonds. The van der Waals surface area contributed by atoms with Crippen LogP contribution in [0.4, 0.5) is 11.4 Å². The Kier molecular flexibility index (Phi) is 4.06. The number of halogens is 1. The molecule has 0 saturated heterocycles. The van der Waals surface area contributed by atoms with Crippen molar-refractivity contribution in [3.8, 4) is 11.5 Å². The molecule has 21 heavy (non-hydrogen) atoms. The summed E-state index contributed by atoms with van der Waals surface area (Å²) in [4.78, 5) is 0. The molecule has 0 atom stereocenters. The summed E-state index contributed by atoms with van der Waals surface area (Å²) in [7, 11) is 0. The first-order valence-corrected chi connectivity index (χ1v) is 7.27. The largest absolute Gasteiger partial charge is 0.486 e. The van der Waals surface area contributed by atoms with Crippen molar-refractivity contribution in [1.82, 2.24) is 0 Å². The van der Waals surface area contributed by atoms with Gasteiger partial charge in [-0.2, -0.15) is 0 Å². The van der Waals surface area contributed by atoms with E-state index in [0.717, 1.165) is 30.2 Å². The normalized spacial score (nSPS) is 13.0. The van der Waals surface area contributed by atoms with Crippen molar-refractivity contribution in [3.05, 3.63) is 47.0 Å². The van der Waals surface area contributed by atoms with E-state index in [1.54, 1.807) is 6.07 Å². The Bertz CT molecular complexity index is 646. The van der Waals surface area contributed by atoms with Crippen LogP contribution in [0.5, 0.6) is 11.5 Å². The van der Waals surface area contributed by atoms with E-state index < -0.39 is 0 Å². The lowest BCUT2D eigenvalue weighted by atomic mass is 10.1. The van der Waals surface area contributed by atoms with Crippen LogP contribution < -0.4 is 20.5 Å². The first-order valence-electron chi connectivity index (χ1n) is 6.90. The maximum atomic E-state index is 5.91. The number of benzene rings is 2. The minimum Gasteiger partial charge on any atom is -0.486 e. The second-order valence-electron chi connectivity index (χ2n) is 4.89. The predicted molar refractivity (Wildman–Crippen MR) is 85.5 cm³/mol. The molecular weight excluding hydrogens is 288 g/mol. The number of nitrogens with one attached hydrogen (secondary N) is 1. The smallest absolute Gasteiger partial charge is 0.161 e. The molecule has 2 aromatic rings. The molecule has 2 aromatic carbocycles. The van der Waals surface area contributed by atoms with E-state index in [9.17, 15) is 0 Å². The van der Waals surface area contributed by atoms with Crippen LogP contribution in [0.2, 0.25) is 5.02 Å². The summed E-state index contributed by atoms with van der Waals surface area (Å²) in [6, 6.07) is 11.5. The molecule has 3 rings (SSSR count). The number of anilines is 2. The molecule has 3 N–H and O–H groups in total. The molecule has 110 valence electrons. The average Bonchev–Trinajstić information content (AvgIpc) is 2.49. The number of fused-ring (bicyclic) bond motifs is 1. The van der Waals surface area contributed by atoms with E-state index in [1.165, 1.54) is 5.56 Å². The number of nitrogen functional groups attached to an aromatic ring is 1. The van der Waals surface area contributed by atoms with Crippen LogP contribution >= 0.6 is 11.6 Å². The first kappa shape index (κ1) is 13.9. The van der Waals surface area contributed by atoms with Gasteiger partial charge in [-0.25, -0.2) is 0 Å². The molecular formula is C16H17ClN2O2. The summed E-state index contributed by atoms with van der Waals surface area (Å²) < 4.78 is 11.1. The predicted octanol–water partition coefficient (Wildman–Crippen LogP) is 3.35. The topological polar surface area (TPSA) is 56.5 Å². The van der Waals surface area contributed by atoms with Gasteiger partial charge in [-0.05, 0) is 42.3 Å². The van der Waals surface area contributed by atoms with E-state index in [4.69, 9.17) is 26.8 Å². The number of ether oxygens (including phenoxy) is 2. The molecule has 0 radical (unpaired) electrons. The molecule has 0 aliphatic carbocycles. The summed E-state index contributed by atoms with van der Waals surface area (Å²) in [5.41, 5.74) is 8.66.